The van der Waals surface area contributed by atoms with E-state index in [1.54, 1.807) is 32.1 Å². The molecule has 0 amide bonds. The van der Waals surface area contributed by atoms with E-state index >= 15 is 0 Å². The Labute approximate surface area is 204 Å². The Morgan fingerprint density at radius 2 is 2.03 bits per heavy atom. The number of rotatable bonds is 10. The number of ketones is 1. The molecule has 2 aromatic rings. The molecule has 0 aliphatic carbocycles. The standard InChI is InChI=1S/C24H21BrN2O5S/c1-5-7-32-22-18(25)9-15(10-20(22)30-4)8-16(12-26)19(28)11-21-17(13-27)14(3)23(33-21)24(29)31-6-2/h5,8-10H,1,6-7,11H2,2-4H3/b16-8+. The van der Waals surface area contributed by atoms with Crippen LogP contribution in [-0.2, 0) is 16.0 Å². The first-order valence-electron chi connectivity index (χ1n) is 9.76. The molecule has 0 N–H and O–H groups in total. The summed E-state index contributed by atoms with van der Waals surface area (Å²) in [5, 5.41) is 19.1. The van der Waals surface area contributed by atoms with E-state index in [1.807, 2.05) is 12.1 Å². The number of carbonyl (C=O) groups excluding carboxylic acids is 2. The van der Waals surface area contributed by atoms with Gasteiger partial charge < -0.3 is 14.2 Å². The number of nitriles is 2. The Morgan fingerprint density at radius 1 is 1.30 bits per heavy atom. The number of benzene rings is 1. The van der Waals surface area contributed by atoms with E-state index in [4.69, 9.17) is 14.2 Å². The quantitative estimate of drug-likeness (QED) is 0.181. The predicted molar refractivity (Wildman–Crippen MR) is 128 cm³/mol. The lowest BCUT2D eigenvalue weighted by molar-refractivity contribution is -0.114. The number of allylic oxidation sites excluding steroid dienone is 1. The lowest BCUT2D eigenvalue weighted by atomic mass is 10.0. The monoisotopic (exact) mass is 528 g/mol. The molecular weight excluding hydrogens is 508 g/mol. The van der Waals surface area contributed by atoms with Crippen LogP contribution in [-0.4, -0.2) is 32.1 Å². The van der Waals surface area contributed by atoms with Crippen molar-refractivity contribution in [3.8, 4) is 23.6 Å². The molecule has 0 atom stereocenters. The van der Waals surface area contributed by atoms with Crippen molar-refractivity contribution in [3.05, 3.63) is 61.3 Å². The molecule has 0 aliphatic rings. The van der Waals surface area contributed by atoms with Gasteiger partial charge >= 0.3 is 5.97 Å². The van der Waals surface area contributed by atoms with Gasteiger partial charge in [0.05, 0.1) is 29.3 Å². The summed E-state index contributed by atoms with van der Waals surface area (Å²) in [7, 11) is 1.48. The molecule has 0 radical (unpaired) electrons. The van der Waals surface area contributed by atoms with Gasteiger partial charge in [0.15, 0.2) is 17.3 Å². The Balaban J connectivity index is 2.38. The topological polar surface area (TPSA) is 109 Å². The van der Waals surface area contributed by atoms with E-state index in [0.717, 1.165) is 11.3 Å². The average Bonchev–Trinajstić information content (AvgIpc) is 3.11. The van der Waals surface area contributed by atoms with Crippen LogP contribution in [0, 0.1) is 29.6 Å². The van der Waals surface area contributed by atoms with Gasteiger partial charge in [-0.25, -0.2) is 4.79 Å². The molecule has 0 unspecified atom stereocenters. The van der Waals surface area contributed by atoms with Crippen LogP contribution < -0.4 is 9.47 Å². The summed E-state index contributed by atoms with van der Waals surface area (Å²) in [6.45, 7) is 7.41. The van der Waals surface area contributed by atoms with E-state index in [0.29, 0.717) is 32.0 Å². The van der Waals surface area contributed by atoms with Gasteiger partial charge in [-0.15, -0.1) is 11.3 Å². The third-order valence-electron chi connectivity index (χ3n) is 4.44. The highest BCUT2D eigenvalue weighted by Gasteiger charge is 2.23. The van der Waals surface area contributed by atoms with Crippen molar-refractivity contribution in [2.75, 3.05) is 20.3 Å². The van der Waals surface area contributed by atoms with Crippen LogP contribution in [0.5, 0.6) is 11.5 Å². The second-order valence-corrected chi connectivity index (χ2v) is 8.55. The van der Waals surface area contributed by atoms with Crippen LogP contribution in [0.25, 0.3) is 6.08 Å². The van der Waals surface area contributed by atoms with Crippen molar-refractivity contribution in [2.24, 2.45) is 0 Å². The fourth-order valence-corrected chi connectivity index (χ4v) is 4.65. The van der Waals surface area contributed by atoms with Gasteiger partial charge in [-0.05, 0) is 59.1 Å². The summed E-state index contributed by atoms with van der Waals surface area (Å²) >= 11 is 4.45. The summed E-state index contributed by atoms with van der Waals surface area (Å²) in [5.41, 5.74) is 1.16. The van der Waals surface area contributed by atoms with Crippen molar-refractivity contribution in [3.63, 3.8) is 0 Å². The molecule has 1 heterocycles. The number of hydrogen-bond acceptors (Lipinski definition) is 8. The van der Waals surface area contributed by atoms with Crippen LogP contribution >= 0.6 is 27.3 Å². The first-order chi connectivity index (χ1) is 15.8. The highest BCUT2D eigenvalue weighted by Crippen LogP contribution is 2.37. The number of methoxy groups -OCH3 is 1. The Hall–Kier alpha value is -3.40. The molecule has 2 rings (SSSR count). The molecule has 0 saturated heterocycles. The molecule has 1 aromatic carbocycles. The lowest BCUT2D eigenvalue weighted by Gasteiger charge is -2.12. The van der Waals surface area contributed by atoms with Crippen LogP contribution in [0.15, 0.2) is 34.8 Å². The summed E-state index contributed by atoms with van der Waals surface area (Å²) in [6, 6.07) is 7.30. The minimum absolute atomic E-state index is 0.101. The number of esters is 1. The third kappa shape index (κ3) is 6.10. The molecule has 0 saturated carbocycles. The summed E-state index contributed by atoms with van der Waals surface area (Å²) in [5.74, 6) is -0.129. The first-order valence-corrected chi connectivity index (χ1v) is 11.4. The van der Waals surface area contributed by atoms with Gasteiger partial charge in [-0.3, -0.25) is 4.79 Å². The largest absolute Gasteiger partial charge is 0.493 e. The second kappa shape index (κ2) is 12.0. The average molecular weight is 529 g/mol. The Bertz CT molecular complexity index is 1200. The minimum Gasteiger partial charge on any atom is -0.493 e. The molecule has 0 spiro atoms. The van der Waals surface area contributed by atoms with Gasteiger partial charge in [0, 0.05) is 11.3 Å². The van der Waals surface area contributed by atoms with Crippen molar-refractivity contribution in [1.82, 2.24) is 0 Å². The van der Waals surface area contributed by atoms with Crippen molar-refractivity contribution >= 4 is 45.1 Å². The van der Waals surface area contributed by atoms with E-state index < -0.39 is 11.8 Å². The first kappa shape index (κ1) is 25.9. The van der Waals surface area contributed by atoms with Crippen LogP contribution in [0.3, 0.4) is 0 Å². The van der Waals surface area contributed by atoms with Gasteiger partial charge in [0.25, 0.3) is 0 Å². The SMILES string of the molecule is C=CCOc1c(Br)cc(/C=C(\C#N)C(=O)Cc2sc(C(=O)OCC)c(C)c2C#N)cc1OC. The fourth-order valence-electron chi connectivity index (χ4n) is 2.92. The van der Waals surface area contributed by atoms with E-state index in [9.17, 15) is 20.1 Å². The van der Waals surface area contributed by atoms with Gasteiger partial charge in [-0.1, -0.05) is 12.7 Å². The van der Waals surface area contributed by atoms with Gasteiger partial charge in [0.2, 0.25) is 0 Å². The summed E-state index contributed by atoms with van der Waals surface area (Å²) in [6.07, 6.45) is 2.85. The van der Waals surface area contributed by atoms with Gasteiger partial charge in [-0.2, -0.15) is 10.5 Å². The zero-order valence-corrected chi connectivity index (χ0v) is 20.8. The van der Waals surface area contributed by atoms with E-state index in [2.05, 4.69) is 22.5 Å². The number of Topliss-reactive ketones (excluding diaryl/α,β-unsaturated/α-hetero) is 1. The van der Waals surface area contributed by atoms with E-state index in [-0.39, 0.29) is 35.6 Å². The summed E-state index contributed by atoms with van der Waals surface area (Å²) < 4.78 is 16.6. The van der Waals surface area contributed by atoms with Crippen molar-refractivity contribution in [1.29, 1.82) is 10.5 Å². The van der Waals surface area contributed by atoms with Gasteiger partial charge in [0.1, 0.15) is 23.6 Å². The zero-order valence-electron chi connectivity index (χ0n) is 18.4. The molecule has 1 aromatic heterocycles. The number of ether oxygens (including phenoxy) is 3. The fraction of sp³-hybridized carbons (Fsp3) is 0.250. The molecule has 33 heavy (non-hydrogen) atoms. The lowest BCUT2D eigenvalue weighted by Crippen LogP contribution is -2.05. The molecule has 0 bridgehead atoms. The smallest absolute Gasteiger partial charge is 0.348 e. The van der Waals surface area contributed by atoms with Crippen LogP contribution in [0.2, 0.25) is 0 Å². The number of hydrogen-bond donors (Lipinski definition) is 0. The molecule has 7 nitrogen and oxygen atoms in total. The minimum atomic E-state index is -0.540. The molecule has 0 aliphatic heterocycles. The number of nitrogens with zero attached hydrogens (tertiary/aromatic N) is 2. The van der Waals surface area contributed by atoms with Crippen LogP contribution in [0.1, 0.15) is 38.2 Å². The highest BCUT2D eigenvalue weighted by atomic mass is 79.9. The maximum absolute atomic E-state index is 12.9. The maximum atomic E-state index is 12.9. The van der Waals surface area contributed by atoms with Crippen molar-refractivity contribution in [2.45, 2.75) is 20.3 Å². The maximum Gasteiger partial charge on any atom is 0.348 e. The zero-order chi connectivity index (χ0) is 24.5. The Morgan fingerprint density at radius 3 is 2.61 bits per heavy atom. The Kier molecular flexibility index (Phi) is 9.41. The number of halogens is 1. The number of thiophene rings is 1. The predicted octanol–water partition coefficient (Wildman–Crippen LogP) is 5.16. The van der Waals surface area contributed by atoms with Crippen molar-refractivity contribution < 1.29 is 23.8 Å². The van der Waals surface area contributed by atoms with E-state index in [1.165, 1.54) is 13.2 Å². The third-order valence-corrected chi connectivity index (χ3v) is 6.30. The highest BCUT2D eigenvalue weighted by molar-refractivity contribution is 9.10. The molecule has 9 heteroatoms. The molecule has 170 valence electrons. The molecule has 0 fully saturated rings. The summed E-state index contributed by atoms with van der Waals surface area (Å²) in [4.78, 5) is 25.7. The molecular formula is C24H21BrN2O5S. The second-order valence-electron chi connectivity index (χ2n) is 6.59. The van der Waals surface area contributed by atoms with Crippen LogP contribution in [0.4, 0.5) is 0 Å². The number of carbonyl (C=O) groups is 2. The normalized spacial score (nSPS) is 10.7.